The van der Waals surface area contributed by atoms with Gasteiger partial charge in [0.2, 0.25) is 0 Å². The molecule has 0 heterocycles. The molecule has 1 unspecified atom stereocenters. The maximum atomic E-state index is 10.3. The first-order valence-electron chi connectivity index (χ1n) is 9.94. The zero-order chi connectivity index (χ0) is 20.0. The smallest absolute Gasteiger partial charge is 0.788 e. The molecule has 0 bridgehead atoms. The summed E-state index contributed by atoms with van der Waals surface area (Å²) in [6.07, 6.45) is 10.7. The number of unbranched alkanes of at least 4 members (excludes halogenated alkanes) is 8. The average molecular weight is 446 g/mol. The standard InChI is InChI=1S/C20H35O6P.2Na/c1-18-14-11-12-16-20(18)24-17-13-9-7-5-3-4-6-8-10-15-19(2)25-26-27(21,22)23;;/h11-12,14,16,19H,3-10,13,15,17H2,1-2H3,(H2,21,22,23);;/q;2*+1/p-2. The van der Waals surface area contributed by atoms with Gasteiger partial charge in [-0.1, -0.05) is 69.6 Å². The van der Waals surface area contributed by atoms with Gasteiger partial charge >= 0.3 is 59.1 Å². The van der Waals surface area contributed by atoms with Crippen LogP contribution < -0.4 is 73.6 Å². The van der Waals surface area contributed by atoms with Gasteiger partial charge in [-0.25, -0.2) is 9.56 Å². The van der Waals surface area contributed by atoms with Crippen molar-refractivity contribution in [3.05, 3.63) is 29.8 Å². The van der Waals surface area contributed by atoms with E-state index < -0.39 is 7.82 Å². The topological polar surface area (TPSA) is 90.9 Å². The number of rotatable bonds is 16. The summed E-state index contributed by atoms with van der Waals surface area (Å²) in [5.74, 6) is 0.985. The summed E-state index contributed by atoms with van der Waals surface area (Å²) in [4.78, 5) is 25.1. The number of hydrogen-bond acceptors (Lipinski definition) is 6. The van der Waals surface area contributed by atoms with Gasteiger partial charge in [0.1, 0.15) is 13.6 Å². The molecule has 0 saturated heterocycles. The van der Waals surface area contributed by atoms with E-state index in [1.54, 1.807) is 6.92 Å². The van der Waals surface area contributed by atoms with Gasteiger partial charge in [0.05, 0.1) is 12.7 Å². The predicted octanol–water partition coefficient (Wildman–Crippen LogP) is -1.55. The third-order valence-electron chi connectivity index (χ3n) is 4.40. The molecule has 6 nitrogen and oxygen atoms in total. The Morgan fingerprint density at radius 1 is 0.897 bits per heavy atom. The zero-order valence-electron chi connectivity index (χ0n) is 18.6. The normalized spacial score (nSPS) is 12.0. The molecule has 9 heteroatoms. The molecule has 156 valence electrons. The molecule has 0 aliphatic rings. The fourth-order valence-corrected chi connectivity index (χ4v) is 3.10. The van der Waals surface area contributed by atoms with Gasteiger partial charge in [0.15, 0.2) is 0 Å². The molecule has 0 N–H and O–H groups in total. The van der Waals surface area contributed by atoms with Crippen LogP contribution in [0.25, 0.3) is 0 Å². The van der Waals surface area contributed by atoms with Gasteiger partial charge < -0.3 is 19.1 Å². The van der Waals surface area contributed by atoms with Gasteiger partial charge in [0, 0.05) is 0 Å². The molecule has 0 radical (unpaired) electrons. The molecule has 1 atom stereocenters. The van der Waals surface area contributed by atoms with E-state index in [2.05, 4.69) is 22.6 Å². The van der Waals surface area contributed by atoms with Crippen LogP contribution in [-0.4, -0.2) is 12.7 Å². The average Bonchev–Trinajstić information content (AvgIpc) is 2.61. The van der Waals surface area contributed by atoms with Crippen LogP contribution in [0.4, 0.5) is 0 Å². The van der Waals surface area contributed by atoms with E-state index in [9.17, 15) is 14.4 Å². The Labute approximate surface area is 220 Å². The second-order valence-electron chi connectivity index (χ2n) is 7.01. The molecule has 0 saturated carbocycles. The van der Waals surface area contributed by atoms with Crippen LogP contribution >= 0.6 is 7.82 Å². The number of benzene rings is 1. The zero-order valence-corrected chi connectivity index (χ0v) is 23.5. The fraction of sp³-hybridized carbons (Fsp3) is 0.700. The largest absolute Gasteiger partial charge is 1.00 e. The van der Waals surface area contributed by atoms with Crippen molar-refractivity contribution >= 4 is 7.82 Å². The number of ether oxygens (including phenoxy) is 1. The second kappa shape index (κ2) is 19.8. The first-order valence-corrected chi connectivity index (χ1v) is 11.4. The van der Waals surface area contributed by atoms with Crippen molar-refractivity contribution in [2.24, 2.45) is 0 Å². The van der Waals surface area contributed by atoms with Crippen molar-refractivity contribution in [3.63, 3.8) is 0 Å². The van der Waals surface area contributed by atoms with E-state index in [0.29, 0.717) is 6.42 Å². The molecule has 1 rings (SSSR count). The Kier molecular flexibility index (Phi) is 22.0. The molecule has 0 amide bonds. The number of para-hydroxylation sites is 1. The summed E-state index contributed by atoms with van der Waals surface area (Å²) >= 11 is 0. The van der Waals surface area contributed by atoms with Gasteiger partial charge in [-0.3, -0.25) is 0 Å². The molecular weight excluding hydrogens is 413 g/mol. The summed E-state index contributed by atoms with van der Waals surface area (Å²) in [6.45, 7) is 4.54. The molecule has 1 aromatic carbocycles. The van der Waals surface area contributed by atoms with Crippen LogP contribution in [0.2, 0.25) is 0 Å². The van der Waals surface area contributed by atoms with Crippen molar-refractivity contribution in [1.82, 2.24) is 0 Å². The maximum absolute atomic E-state index is 10.3. The molecule has 1 aromatic rings. The minimum Gasteiger partial charge on any atom is -0.788 e. The van der Waals surface area contributed by atoms with E-state index >= 15 is 0 Å². The first kappa shape index (κ1) is 32.3. The van der Waals surface area contributed by atoms with E-state index in [1.165, 1.54) is 37.7 Å². The summed E-state index contributed by atoms with van der Waals surface area (Å²) in [7, 11) is -5.04. The molecule has 29 heavy (non-hydrogen) atoms. The van der Waals surface area contributed by atoms with Crippen LogP contribution in [0.5, 0.6) is 5.75 Å². The first-order chi connectivity index (χ1) is 12.9. The molecule has 0 aliphatic heterocycles. The monoisotopic (exact) mass is 446 g/mol. The van der Waals surface area contributed by atoms with Gasteiger partial charge in [0.25, 0.3) is 0 Å². The molecule has 0 fully saturated rings. The maximum Gasteiger partial charge on any atom is 1.00 e. The third kappa shape index (κ3) is 19.5. The van der Waals surface area contributed by atoms with Crippen molar-refractivity contribution in [2.45, 2.75) is 84.2 Å². The summed E-state index contributed by atoms with van der Waals surface area (Å²) < 4.78 is 19.9. The minimum atomic E-state index is -5.04. The van der Waals surface area contributed by atoms with E-state index in [1.807, 2.05) is 18.2 Å². The van der Waals surface area contributed by atoms with Crippen molar-refractivity contribution in [2.75, 3.05) is 6.61 Å². The van der Waals surface area contributed by atoms with Crippen LogP contribution in [0.15, 0.2) is 24.3 Å². The van der Waals surface area contributed by atoms with Gasteiger partial charge in [-0.15, -0.1) is 0 Å². The van der Waals surface area contributed by atoms with Gasteiger partial charge in [-0.2, -0.15) is 0 Å². The van der Waals surface area contributed by atoms with Gasteiger partial charge in [-0.05, 0) is 38.3 Å². The van der Waals surface area contributed by atoms with E-state index in [4.69, 9.17) is 4.74 Å². The second-order valence-corrected chi connectivity index (χ2v) is 8.06. The molecular formula is C20H33Na2O6P. The van der Waals surface area contributed by atoms with Crippen molar-refractivity contribution in [3.8, 4) is 5.75 Å². The summed E-state index contributed by atoms with van der Waals surface area (Å²) in [6, 6.07) is 8.10. The Hall–Kier alpha value is 1.09. The molecule has 0 aliphatic carbocycles. The van der Waals surface area contributed by atoms with Crippen LogP contribution in [-0.2, 0) is 14.1 Å². The number of phosphoric acid groups is 1. The van der Waals surface area contributed by atoms with Crippen LogP contribution in [0, 0.1) is 6.92 Å². The van der Waals surface area contributed by atoms with Crippen molar-refractivity contribution < 1.29 is 87.8 Å². The summed E-state index contributed by atoms with van der Waals surface area (Å²) in [5, 5.41) is 0. The quantitative estimate of drug-likeness (QED) is 0.100. The molecule has 0 spiro atoms. The SMILES string of the molecule is Cc1ccccc1OCCCCCCCCCCCC(C)OOP(=O)([O-])[O-].[Na+].[Na+]. The number of aryl methyl sites for hydroxylation is 1. The van der Waals surface area contributed by atoms with Crippen molar-refractivity contribution in [1.29, 1.82) is 0 Å². The Morgan fingerprint density at radius 2 is 1.41 bits per heavy atom. The Morgan fingerprint density at radius 3 is 1.97 bits per heavy atom. The Bertz CT molecular complexity index is 556. The Balaban J connectivity index is 0. The summed E-state index contributed by atoms with van der Waals surface area (Å²) in [5.41, 5.74) is 1.18. The van der Waals surface area contributed by atoms with Crippen LogP contribution in [0.3, 0.4) is 0 Å². The predicted molar refractivity (Wildman–Crippen MR) is 102 cm³/mol. The fourth-order valence-electron chi connectivity index (χ4n) is 2.85. The molecule has 0 aromatic heterocycles. The van der Waals surface area contributed by atoms with E-state index in [0.717, 1.165) is 38.0 Å². The van der Waals surface area contributed by atoms with Crippen LogP contribution in [0.1, 0.15) is 76.7 Å². The minimum absolute atomic E-state index is 0. The number of hydrogen-bond donors (Lipinski definition) is 0. The third-order valence-corrected chi connectivity index (χ3v) is 4.67. The van der Waals surface area contributed by atoms with E-state index in [-0.39, 0.29) is 65.2 Å².